The molecule has 2 aromatic rings. The van der Waals surface area contributed by atoms with Crippen molar-refractivity contribution in [1.82, 2.24) is 9.97 Å². The number of nitrogens with one attached hydrogen (secondary N) is 1. The number of rotatable bonds is 3. The number of nitrogens with zero attached hydrogens (tertiary/aromatic N) is 2. The zero-order valence-corrected chi connectivity index (χ0v) is 12.1. The van der Waals surface area contributed by atoms with Crippen LogP contribution >= 0.6 is 0 Å². The summed E-state index contributed by atoms with van der Waals surface area (Å²) in [4.78, 5) is 20.8. The summed E-state index contributed by atoms with van der Waals surface area (Å²) in [7, 11) is 1.63. The summed E-state index contributed by atoms with van der Waals surface area (Å²) in [6.07, 6.45) is 2.30. The number of fused-ring (bicyclic) bond motifs is 1. The van der Waals surface area contributed by atoms with Crippen LogP contribution in [0, 0.1) is 6.92 Å². The number of Topliss-reactive ketones (excluding diaryl/α,β-unsaturated/α-hetero) is 1. The van der Waals surface area contributed by atoms with Gasteiger partial charge in [-0.25, -0.2) is 9.97 Å². The van der Waals surface area contributed by atoms with Gasteiger partial charge in [0.05, 0.1) is 24.1 Å². The van der Waals surface area contributed by atoms with Crippen LogP contribution in [0.3, 0.4) is 0 Å². The highest BCUT2D eigenvalue weighted by Gasteiger charge is 2.22. The van der Waals surface area contributed by atoms with Crippen LogP contribution in [0.5, 0.6) is 5.75 Å². The summed E-state index contributed by atoms with van der Waals surface area (Å²) < 4.78 is 5.13. The third-order valence-electron chi connectivity index (χ3n) is 3.61. The molecule has 0 amide bonds. The van der Waals surface area contributed by atoms with Crippen molar-refractivity contribution in [2.75, 3.05) is 12.4 Å². The standard InChI is InChI=1S/C16H17N3O2/c1-10-15-13(4-3-5-14(15)20)19-16(17-10)18-11-6-8-12(21-2)9-7-11/h6-9H,3-5H2,1-2H3,(H,17,18,19). The minimum absolute atomic E-state index is 0.157. The van der Waals surface area contributed by atoms with Crippen LogP contribution in [-0.2, 0) is 6.42 Å². The highest BCUT2D eigenvalue weighted by molar-refractivity contribution is 5.99. The van der Waals surface area contributed by atoms with E-state index in [1.54, 1.807) is 7.11 Å². The Balaban J connectivity index is 1.89. The first-order valence-electron chi connectivity index (χ1n) is 6.99. The number of aryl methyl sites for hydroxylation is 2. The molecule has 0 unspecified atom stereocenters. The predicted octanol–water partition coefficient (Wildman–Crippen LogP) is 3.06. The SMILES string of the molecule is COc1ccc(Nc2nc(C)c3c(n2)CCCC3=O)cc1. The zero-order chi connectivity index (χ0) is 14.8. The Bertz CT molecular complexity index is 681. The molecule has 3 rings (SSSR count). The van der Waals surface area contributed by atoms with E-state index >= 15 is 0 Å². The van der Waals surface area contributed by atoms with Gasteiger partial charge >= 0.3 is 0 Å². The van der Waals surface area contributed by atoms with Crippen LogP contribution in [0.1, 0.15) is 34.6 Å². The van der Waals surface area contributed by atoms with Crippen molar-refractivity contribution in [2.24, 2.45) is 0 Å². The average molecular weight is 283 g/mol. The molecule has 108 valence electrons. The first kappa shape index (κ1) is 13.5. The van der Waals surface area contributed by atoms with Crippen molar-refractivity contribution in [1.29, 1.82) is 0 Å². The van der Waals surface area contributed by atoms with Gasteiger partial charge in [0.25, 0.3) is 0 Å². The Morgan fingerprint density at radius 2 is 1.90 bits per heavy atom. The molecule has 0 spiro atoms. The summed E-state index contributed by atoms with van der Waals surface area (Å²) >= 11 is 0. The van der Waals surface area contributed by atoms with E-state index in [1.165, 1.54) is 0 Å². The molecule has 5 nitrogen and oxygen atoms in total. The molecule has 0 aliphatic heterocycles. The maximum atomic E-state index is 11.9. The van der Waals surface area contributed by atoms with E-state index < -0.39 is 0 Å². The van der Waals surface area contributed by atoms with Crippen LogP contribution < -0.4 is 10.1 Å². The number of anilines is 2. The van der Waals surface area contributed by atoms with Crippen LogP contribution in [0.2, 0.25) is 0 Å². The Morgan fingerprint density at radius 3 is 2.62 bits per heavy atom. The highest BCUT2D eigenvalue weighted by Crippen LogP contribution is 2.24. The van der Waals surface area contributed by atoms with E-state index in [0.717, 1.165) is 35.7 Å². The topological polar surface area (TPSA) is 64.1 Å². The van der Waals surface area contributed by atoms with Gasteiger partial charge in [0.1, 0.15) is 5.75 Å². The molecule has 21 heavy (non-hydrogen) atoms. The average Bonchev–Trinajstić information content (AvgIpc) is 2.48. The van der Waals surface area contributed by atoms with E-state index in [0.29, 0.717) is 17.9 Å². The maximum Gasteiger partial charge on any atom is 0.227 e. The number of carbonyl (C=O) groups excluding carboxylic acids is 1. The van der Waals surface area contributed by atoms with Crippen LogP contribution in [0.4, 0.5) is 11.6 Å². The molecule has 1 heterocycles. The Hall–Kier alpha value is -2.43. The molecule has 0 radical (unpaired) electrons. The van der Waals surface area contributed by atoms with E-state index in [4.69, 9.17) is 4.74 Å². The summed E-state index contributed by atoms with van der Waals surface area (Å²) in [5, 5.41) is 3.17. The van der Waals surface area contributed by atoms with Crippen molar-refractivity contribution in [3.05, 3.63) is 41.2 Å². The van der Waals surface area contributed by atoms with Gasteiger partial charge in [-0.15, -0.1) is 0 Å². The number of carbonyl (C=O) groups is 1. The third kappa shape index (κ3) is 2.72. The van der Waals surface area contributed by atoms with Gasteiger partial charge in [-0.1, -0.05) is 0 Å². The summed E-state index contributed by atoms with van der Waals surface area (Å²) in [5.41, 5.74) is 3.20. The first-order valence-corrected chi connectivity index (χ1v) is 6.99. The summed E-state index contributed by atoms with van der Waals surface area (Å²) in [6, 6.07) is 7.55. The lowest BCUT2D eigenvalue weighted by atomic mass is 9.94. The molecule has 0 saturated heterocycles. The molecule has 1 aromatic carbocycles. The van der Waals surface area contributed by atoms with Gasteiger partial charge in [-0.2, -0.15) is 0 Å². The first-order chi connectivity index (χ1) is 10.2. The Kier molecular flexibility index (Phi) is 3.56. The molecule has 0 atom stereocenters. The molecule has 1 N–H and O–H groups in total. The third-order valence-corrected chi connectivity index (χ3v) is 3.61. The summed E-state index contributed by atoms with van der Waals surface area (Å²) in [5.74, 6) is 1.49. The Morgan fingerprint density at radius 1 is 1.14 bits per heavy atom. The molecule has 5 heteroatoms. The smallest absolute Gasteiger partial charge is 0.227 e. The molecule has 0 fully saturated rings. The second-order valence-electron chi connectivity index (χ2n) is 5.08. The van der Waals surface area contributed by atoms with E-state index in [1.807, 2.05) is 31.2 Å². The van der Waals surface area contributed by atoms with Gasteiger partial charge in [-0.05, 0) is 44.0 Å². The van der Waals surface area contributed by atoms with Crippen molar-refractivity contribution in [3.63, 3.8) is 0 Å². The van der Waals surface area contributed by atoms with Crippen LogP contribution in [0.15, 0.2) is 24.3 Å². The quantitative estimate of drug-likeness (QED) is 0.938. The number of hydrogen-bond acceptors (Lipinski definition) is 5. The van der Waals surface area contributed by atoms with Gasteiger partial charge in [0.15, 0.2) is 5.78 Å². The van der Waals surface area contributed by atoms with Crippen molar-refractivity contribution in [3.8, 4) is 5.75 Å². The number of benzene rings is 1. The lowest BCUT2D eigenvalue weighted by molar-refractivity contribution is 0.0970. The second kappa shape index (κ2) is 5.52. The number of aromatic nitrogens is 2. The van der Waals surface area contributed by atoms with E-state index in [-0.39, 0.29) is 5.78 Å². The van der Waals surface area contributed by atoms with Crippen molar-refractivity contribution >= 4 is 17.4 Å². The number of ether oxygens (including phenoxy) is 1. The van der Waals surface area contributed by atoms with Gasteiger partial charge in [0, 0.05) is 12.1 Å². The van der Waals surface area contributed by atoms with Crippen LogP contribution in [-0.4, -0.2) is 22.9 Å². The van der Waals surface area contributed by atoms with Crippen LogP contribution in [0.25, 0.3) is 0 Å². The lowest BCUT2D eigenvalue weighted by Crippen LogP contribution is -2.17. The largest absolute Gasteiger partial charge is 0.497 e. The molecule has 0 bridgehead atoms. The molecular weight excluding hydrogens is 266 g/mol. The Labute approximate surface area is 123 Å². The van der Waals surface area contributed by atoms with Gasteiger partial charge in [-0.3, -0.25) is 4.79 Å². The van der Waals surface area contributed by atoms with Gasteiger partial charge in [0.2, 0.25) is 5.95 Å². The number of hydrogen-bond donors (Lipinski definition) is 1. The maximum absolute atomic E-state index is 11.9. The van der Waals surface area contributed by atoms with Gasteiger partial charge < -0.3 is 10.1 Å². The zero-order valence-electron chi connectivity index (χ0n) is 12.1. The highest BCUT2D eigenvalue weighted by atomic mass is 16.5. The minimum atomic E-state index is 0.157. The molecular formula is C16H17N3O2. The fourth-order valence-corrected chi connectivity index (χ4v) is 2.58. The summed E-state index contributed by atoms with van der Waals surface area (Å²) in [6.45, 7) is 1.86. The molecule has 1 aliphatic carbocycles. The van der Waals surface area contributed by atoms with Crippen molar-refractivity contribution in [2.45, 2.75) is 26.2 Å². The van der Waals surface area contributed by atoms with Crippen molar-refractivity contribution < 1.29 is 9.53 Å². The lowest BCUT2D eigenvalue weighted by Gasteiger charge is -2.17. The number of methoxy groups -OCH3 is 1. The molecule has 1 aromatic heterocycles. The molecule has 0 saturated carbocycles. The number of ketones is 1. The van der Waals surface area contributed by atoms with E-state index in [9.17, 15) is 4.79 Å². The predicted molar refractivity (Wildman–Crippen MR) is 80.3 cm³/mol. The van der Waals surface area contributed by atoms with E-state index in [2.05, 4.69) is 15.3 Å². The minimum Gasteiger partial charge on any atom is -0.497 e. The molecule has 1 aliphatic rings. The fraction of sp³-hybridized carbons (Fsp3) is 0.312. The normalized spacial score (nSPS) is 13.7. The second-order valence-corrected chi connectivity index (χ2v) is 5.08. The fourth-order valence-electron chi connectivity index (χ4n) is 2.58. The monoisotopic (exact) mass is 283 g/mol.